The van der Waals surface area contributed by atoms with E-state index in [1.807, 2.05) is 68.4 Å². The highest BCUT2D eigenvalue weighted by Crippen LogP contribution is 2.21. The van der Waals surface area contributed by atoms with Crippen molar-refractivity contribution in [2.24, 2.45) is 0 Å². The SMILES string of the molecule is Cc1ccc(C(=O)NCC(=O)NC(c2ccccc2)c2ccncc2)cc1C. The fourth-order valence-electron chi connectivity index (χ4n) is 2.92. The van der Waals surface area contributed by atoms with Crippen LogP contribution >= 0.6 is 0 Å². The number of benzene rings is 2. The van der Waals surface area contributed by atoms with Gasteiger partial charge in [-0.05, 0) is 60.4 Å². The molecule has 0 saturated carbocycles. The van der Waals surface area contributed by atoms with Gasteiger partial charge in [-0.2, -0.15) is 0 Å². The second-order valence-corrected chi connectivity index (χ2v) is 6.67. The average Bonchev–Trinajstić information content (AvgIpc) is 2.73. The molecule has 3 aromatic rings. The molecule has 0 aliphatic carbocycles. The number of nitrogens with one attached hydrogen (secondary N) is 2. The number of aromatic nitrogens is 1. The van der Waals surface area contributed by atoms with E-state index in [2.05, 4.69) is 15.6 Å². The number of pyridine rings is 1. The summed E-state index contributed by atoms with van der Waals surface area (Å²) in [6.07, 6.45) is 3.39. The van der Waals surface area contributed by atoms with Crippen molar-refractivity contribution in [1.29, 1.82) is 0 Å². The van der Waals surface area contributed by atoms with Crippen LogP contribution in [0.25, 0.3) is 0 Å². The molecule has 5 heteroatoms. The summed E-state index contributed by atoms with van der Waals surface area (Å²) in [4.78, 5) is 28.9. The van der Waals surface area contributed by atoms with Gasteiger partial charge in [-0.3, -0.25) is 14.6 Å². The summed E-state index contributed by atoms with van der Waals surface area (Å²) in [5.41, 5.74) is 4.60. The largest absolute Gasteiger partial charge is 0.344 e. The highest BCUT2D eigenvalue weighted by atomic mass is 16.2. The lowest BCUT2D eigenvalue weighted by molar-refractivity contribution is -0.120. The van der Waals surface area contributed by atoms with Gasteiger partial charge in [-0.1, -0.05) is 36.4 Å². The molecular formula is C23H23N3O2. The zero-order valence-corrected chi connectivity index (χ0v) is 16.0. The third-order valence-corrected chi connectivity index (χ3v) is 4.66. The summed E-state index contributed by atoms with van der Waals surface area (Å²) >= 11 is 0. The zero-order valence-electron chi connectivity index (χ0n) is 16.0. The van der Waals surface area contributed by atoms with Gasteiger partial charge in [0.1, 0.15) is 0 Å². The molecule has 0 radical (unpaired) electrons. The van der Waals surface area contributed by atoms with Crippen molar-refractivity contribution < 1.29 is 9.59 Å². The molecule has 1 heterocycles. The van der Waals surface area contributed by atoms with E-state index in [9.17, 15) is 9.59 Å². The van der Waals surface area contributed by atoms with Gasteiger partial charge >= 0.3 is 0 Å². The number of carbonyl (C=O) groups excluding carboxylic acids is 2. The van der Waals surface area contributed by atoms with E-state index in [0.717, 1.165) is 22.3 Å². The lowest BCUT2D eigenvalue weighted by atomic mass is 9.99. The van der Waals surface area contributed by atoms with E-state index in [-0.39, 0.29) is 24.4 Å². The van der Waals surface area contributed by atoms with Crippen molar-refractivity contribution in [3.8, 4) is 0 Å². The van der Waals surface area contributed by atoms with Crippen molar-refractivity contribution in [3.63, 3.8) is 0 Å². The smallest absolute Gasteiger partial charge is 0.251 e. The fourth-order valence-corrected chi connectivity index (χ4v) is 2.92. The van der Waals surface area contributed by atoms with Crippen LogP contribution in [0.15, 0.2) is 73.1 Å². The van der Waals surface area contributed by atoms with E-state index >= 15 is 0 Å². The number of rotatable bonds is 6. The van der Waals surface area contributed by atoms with E-state index in [4.69, 9.17) is 0 Å². The molecule has 2 amide bonds. The minimum Gasteiger partial charge on any atom is -0.344 e. The van der Waals surface area contributed by atoms with Gasteiger partial charge in [0.25, 0.3) is 5.91 Å². The van der Waals surface area contributed by atoms with E-state index < -0.39 is 0 Å². The Morgan fingerprint density at radius 1 is 0.893 bits per heavy atom. The molecule has 0 bridgehead atoms. The van der Waals surface area contributed by atoms with Gasteiger partial charge in [0.2, 0.25) is 5.91 Å². The molecule has 3 rings (SSSR count). The summed E-state index contributed by atoms with van der Waals surface area (Å²) in [6, 6.07) is 18.6. The standard InChI is InChI=1S/C23H23N3O2/c1-16-8-9-20(14-17(16)2)23(28)25-15-21(27)26-22(18-6-4-3-5-7-18)19-10-12-24-13-11-19/h3-14,22H,15H2,1-2H3,(H,25,28)(H,26,27). The van der Waals surface area contributed by atoms with Crippen molar-refractivity contribution in [3.05, 3.63) is 101 Å². The van der Waals surface area contributed by atoms with Crippen LogP contribution in [0.2, 0.25) is 0 Å². The molecule has 2 aromatic carbocycles. The Kier molecular flexibility index (Phi) is 6.17. The van der Waals surface area contributed by atoms with Crippen molar-refractivity contribution in [2.45, 2.75) is 19.9 Å². The van der Waals surface area contributed by atoms with Crippen molar-refractivity contribution in [1.82, 2.24) is 15.6 Å². The lowest BCUT2D eigenvalue weighted by Gasteiger charge is -2.20. The Hall–Kier alpha value is -3.47. The maximum absolute atomic E-state index is 12.5. The minimum absolute atomic E-state index is 0.0970. The summed E-state index contributed by atoms with van der Waals surface area (Å²) < 4.78 is 0. The second-order valence-electron chi connectivity index (χ2n) is 6.67. The molecule has 0 saturated heterocycles. The van der Waals surface area contributed by atoms with Gasteiger partial charge in [0.15, 0.2) is 0 Å². The molecule has 142 valence electrons. The van der Waals surface area contributed by atoms with Crippen LogP contribution in [-0.2, 0) is 4.79 Å². The number of amides is 2. The molecule has 0 fully saturated rings. The fraction of sp³-hybridized carbons (Fsp3) is 0.174. The van der Waals surface area contributed by atoms with Gasteiger partial charge in [0, 0.05) is 18.0 Å². The number of aryl methyl sites for hydroxylation is 2. The highest BCUT2D eigenvalue weighted by molar-refractivity contribution is 5.96. The molecule has 1 atom stereocenters. The Labute approximate surface area is 164 Å². The molecule has 0 spiro atoms. The van der Waals surface area contributed by atoms with Crippen LogP contribution in [-0.4, -0.2) is 23.3 Å². The number of carbonyl (C=O) groups is 2. The van der Waals surface area contributed by atoms with E-state index in [0.29, 0.717) is 5.56 Å². The van der Waals surface area contributed by atoms with Crippen LogP contribution in [0.4, 0.5) is 0 Å². The first-order valence-corrected chi connectivity index (χ1v) is 9.14. The van der Waals surface area contributed by atoms with E-state index in [1.54, 1.807) is 18.5 Å². The molecule has 1 aromatic heterocycles. The predicted octanol–water partition coefficient (Wildman–Crippen LogP) is 3.33. The van der Waals surface area contributed by atoms with E-state index in [1.165, 1.54) is 0 Å². The van der Waals surface area contributed by atoms with Gasteiger partial charge in [-0.25, -0.2) is 0 Å². The highest BCUT2D eigenvalue weighted by Gasteiger charge is 2.17. The summed E-state index contributed by atoms with van der Waals surface area (Å²) in [6.45, 7) is 3.85. The van der Waals surface area contributed by atoms with Crippen LogP contribution in [0.3, 0.4) is 0 Å². The maximum Gasteiger partial charge on any atom is 0.251 e. The number of hydrogen-bond donors (Lipinski definition) is 2. The first kappa shape index (κ1) is 19.3. The Balaban J connectivity index is 1.67. The number of hydrogen-bond acceptors (Lipinski definition) is 3. The normalized spacial score (nSPS) is 11.5. The predicted molar refractivity (Wildman–Crippen MR) is 109 cm³/mol. The van der Waals surface area contributed by atoms with Crippen LogP contribution in [0, 0.1) is 13.8 Å². The first-order chi connectivity index (χ1) is 13.5. The van der Waals surface area contributed by atoms with Gasteiger partial charge in [-0.15, -0.1) is 0 Å². The molecular weight excluding hydrogens is 350 g/mol. The van der Waals surface area contributed by atoms with Crippen LogP contribution in [0.5, 0.6) is 0 Å². The third-order valence-electron chi connectivity index (χ3n) is 4.66. The summed E-state index contributed by atoms with van der Waals surface area (Å²) in [7, 11) is 0. The first-order valence-electron chi connectivity index (χ1n) is 9.14. The molecule has 0 aliphatic rings. The Bertz CT molecular complexity index is 917. The molecule has 5 nitrogen and oxygen atoms in total. The van der Waals surface area contributed by atoms with Crippen molar-refractivity contribution in [2.75, 3.05) is 6.54 Å². The van der Waals surface area contributed by atoms with Gasteiger partial charge < -0.3 is 10.6 Å². The maximum atomic E-state index is 12.5. The molecule has 2 N–H and O–H groups in total. The third kappa shape index (κ3) is 4.82. The lowest BCUT2D eigenvalue weighted by Crippen LogP contribution is -2.39. The Morgan fingerprint density at radius 3 is 2.25 bits per heavy atom. The second kappa shape index (κ2) is 8.95. The monoisotopic (exact) mass is 373 g/mol. The molecule has 1 unspecified atom stereocenters. The zero-order chi connectivity index (χ0) is 19.9. The minimum atomic E-state index is -0.310. The van der Waals surface area contributed by atoms with Crippen LogP contribution in [0.1, 0.15) is 38.7 Å². The number of nitrogens with zero attached hydrogens (tertiary/aromatic N) is 1. The summed E-state index contributed by atoms with van der Waals surface area (Å²) in [5, 5.41) is 5.69. The topological polar surface area (TPSA) is 71.1 Å². The van der Waals surface area contributed by atoms with Crippen molar-refractivity contribution >= 4 is 11.8 Å². The molecule has 0 aliphatic heterocycles. The van der Waals surface area contributed by atoms with Crippen LogP contribution < -0.4 is 10.6 Å². The Morgan fingerprint density at radius 2 is 1.57 bits per heavy atom. The quantitative estimate of drug-likeness (QED) is 0.696. The summed E-state index contributed by atoms with van der Waals surface area (Å²) in [5.74, 6) is -0.527. The molecule has 28 heavy (non-hydrogen) atoms. The van der Waals surface area contributed by atoms with Gasteiger partial charge in [0.05, 0.1) is 12.6 Å². The average molecular weight is 373 g/mol.